The smallest absolute Gasteiger partial charge is 0.324 e. The van der Waals surface area contributed by atoms with Gasteiger partial charge in [-0.2, -0.15) is 0 Å². The van der Waals surface area contributed by atoms with E-state index in [-0.39, 0.29) is 0 Å². The van der Waals surface area contributed by atoms with Crippen molar-refractivity contribution in [2.24, 2.45) is 0 Å². The van der Waals surface area contributed by atoms with Crippen LogP contribution in [0.4, 0.5) is 0 Å². The molecule has 0 aromatic heterocycles. The van der Waals surface area contributed by atoms with Gasteiger partial charge in [-0.1, -0.05) is 6.92 Å². The Morgan fingerprint density at radius 3 is 2.55 bits per heavy atom. The maximum atomic E-state index is 9.94. The standard InChI is InChI=1S/C5H9NO5/c1-2-5(11-6(7)8)9-3-4-10-5/h2-4H2,1H3. The highest BCUT2D eigenvalue weighted by atomic mass is 17.1. The Labute approximate surface area is 63.1 Å². The van der Waals surface area contributed by atoms with Gasteiger partial charge in [0.25, 0.3) is 5.09 Å². The van der Waals surface area contributed by atoms with Gasteiger partial charge in [0.1, 0.15) is 0 Å². The third-order valence-corrected chi connectivity index (χ3v) is 1.37. The van der Waals surface area contributed by atoms with Crippen LogP contribution in [-0.4, -0.2) is 24.3 Å². The molecule has 0 saturated carbocycles. The molecule has 1 aliphatic heterocycles. The molecule has 6 heteroatoms. The first-order valence-corrected chi connectivity index (χ1v) is 3.30. The van der Waals surface area contributed by atoms with Crippen molar-refractivity contribution in [2.75, 3.05) is 13.2 Å². The first-order valence-electron chi connectivity index (χ1n) is 3.30. The number of nitrogens with zero attached hydrogens (tertiary/aromatic N) is 1. The highest BCUT2D eigenvalue weighted by Crippen LogP contribution is 2.24. The van der Waals surface area contributed by atoms with Gasteiger partial charge in [-0.05, 0) is 0 Å². The molecule has 0 N–H and O–H groups in total. The Balaban J connectivity index is 2.52. The van der Waals surface area contributed by atoms with Gasteiger partial charge in [0, 0.05) is 6.42 Å². The number of hydrogen-bond donors (Lipinski definition) is 0. The fourth-order valence-electron chi connectivity index (χ4n) is 0.871. The van der Waals surface area contributed by atoms with Gasteiger partial charge >= 0.3 is 5.97 Å². The van der Waals surface area contributed by atoms with E-state index in [1.165, 1.54) is 0 Å². The predicted octanol–water partition coefficient (Wildman–Crippen LogP) is 0.305. The van der Waals surface area contributed by atoms with Crippen molar-refractivity contribution in [2.45, 2.75) is 19.3 Å². The van der Waals surface area contributed by atoms with E-state index in [4.69, 9.17) is 9.47 Å². The van der Waals surface area contributed by atoms with Gasteiger partial charge in [-0.3, -0.25) is 0 Å². The quantitative estimate of drug-likeness (QED) is 0.442. The van der Waals surface area contributed by atoms with E-state index in [1.807, 2.05) is 0 Å². The van der Waals surface area contributed by atoms with Gasteiger partial charge in [0.05, 0.1) is 13.2 Å². The zero-order valence-electron chi connectivity index (χ0n) is 6.11. The second-order valence-corrected chi connectivity index (χ2v) is 2.05. The van der Waals surface area contributed by atoms with Crippen molar-refractivity contribution in [3.8, 4) is 0 Å². The molecule has 0 radical (unpaired) electrons. The summed E-state index contributed by atoms with van der Waals surface area (Å²) >= 11 is 0. The Bertz CT molecular complexity index is 153. The first-order chi connectivity index (χ1) is 5.18. The zero-order valence-corrected chi connectivity index (χ0v) is 6.11. The van der Waals surface area contributed by atoms with Crippen LogP contribution >= 0.6 is 0 Å². The molecule has 0 aliphatic carbocycles. The summed E-state index contributed by atoms with van der Waals surface area (Å²) in [6.45, 7) is 2.36. The largest absolute Gasteiger partial charge is 0.326 e. The summed E-state index contributed by atoms with van der Waals surface area (Å²) in [5, 5.41) is 9.03. The van der Waals surface area contributed by atoms with Crippen LogP contribution in [0.2, 0.25) is 0 Å². The summed E-state index contributed by atoms with van der Waals surface area (Å²) in [5.41, 5.74) is 0. The summed E-state index contributed by atoms with van der Waals surface area (Å²) in [6, 6.07) is 0. The summed E-state index contributed by atoms with van der Waals surface area (Å²) in [6.07, 6.45) is 0.300. The van der Waals surface area contributed by atoms with Gasteiger partial charge in [0.2, 0.25) is 0 Å². The minimum absolute atomic E-state index is 0.300. The monoisotopic (exact) mass is 163 g/mol. The van der Waals surface area contributed by atoms with E-state index in [9.17, 15) is 10.1 Å². The topological polar surface area (TPSA) is 70.8 Å². The maximum absolute atomic E-state index is 9.94. The highest BCUT2D eigenvalue weighted by Gasteiger charge is 2.39. The van der Waals surface area contributed by atoms with Crippen LogP contribution in [0.3, 0.4) is 0 Å². The lowest BCUT2D eigenvalue weighted by Gasteiger charge is -2.21. The average Bonchev–Trinajstić information content (AvgIpc) is 2.36. The third kappa shape index (κ3) is 1.78. The molecule has 6 nitrogen and oxygen atoms in total. The molecule has 64 valence electrons. The fraction of sp³-hybridized carbons (Fsp3) is 1.00. The van der Waals surface area contributed by atoms with Crippen molar-refractivity contribution in [1.82, 2.24) is 0 Å². The molecule has 0 bridgehead atoms. The van der Waals surface area contributed by atoms with E-state index in [0.29, 0.717) is 19.6 Å². The minimum Gasteiger partial charge on any atom is -0.326 e. The lowest BCUT2D eigenvalue weighted by atomic mass is 10.4. The molecule has 0 amide bonds. The lowest BCUT2D eigenvalue weighted by molar-refractivity contribution is -0.811. The van der Waals surface area contributed by atoms with Crippen molar-refractivity contribution in [3.05, 3.63) is 10.1 Å². The zero-order chi connectivity index (χ0) is 8.32. The van der Waals surface area contributed by atoms with Gasteiger partial charge in [0.15, 0.2) is 0 Å². The molecule has 0 atom stereocenters. The van der Waals surface area contributed by atoms with Crippen molar-refractivity contribution in [1.29, 1.82) is 0 Å². The summed E-state index contributed by atoms with van der Waals surface area (Å²) in [7, 11) is 0. The Morgan fingerprint density at radius 1 is 1.64 bits per heavy atom. The van der Waals surface area contributed by atoms with Crippen LogP contribution in [0.25, 0.3) is 0 Å². The third-order valence-electron chi connectivity index (χ3n) is 1.37. The first kappa shape index (κ1) is 8.22. The van der Waals surface area contributed by atoms with E-state index >= 15 is 0 Å². The molecule has 0 aromatic carbocycles. The average molecular weight is 163 g/mol. The van der Waals surface area contributed by atoms with Crippen LogP contribution in [0.5, 0.6) is 0 Å². The van der Waals surface area contributed by atoms with Crippen LogP contribution in [0.15, 0.2) is 0 Å². The minimum atomic E-state index is -1.44. The van der Waals surface area contributed by atoms with Crippen LogP contribution in [0, 0.1) is 10.1 Å². The van der Waals surface area contributed by atoms with E-state index in [0.717, 1.165) is 0 Å². The summed E-state index contributed by atoms with van der Waals surface area (Å²) in [4.78, 5) is 14.2. The molecule has 0 spiro atoms. The van der Waals surface area contributed by atoms with Gasteiger partial charge in [-0.25, -0.2) is 4.84 Å². The van der Waals surface area contributed by atoms with E-state index in [2.05, 4.69) is 4.84 Å². The predicted molar refractivity (Wildman–Crippen MR) is 33.0 cm³/mol. The molecular weight excluding hydrogens is 154 g/mol. The Hall–Kier alpha value is -0.880. The molecule has 0 unspecified atom stereocenters. The lowest BCUT2D eigenvalue weighted by Crippen LogP contribution is -2.35. The molecule has 11 heavy (non-hydrogen) atoms. The number of rotatable bonds is 3. The molecule has 1 rings (SSSR count). The van der Waals surface area contributed by atoms with Crippen molar-refractivity contribution >= 4 is 0 Å². The summed E-state index contributed by atoms with van der Waals surface area (Å²) < 4.78 is 9.83. The van der Waals surface area contributed by atoms with Gasteiger partial charge in [-0.15, -0.1) is 10.1 Å². The van der Waals surface area contributed by atoms with E-state index in [1.54, 1.807) is 6.92 Å². The SMILES string of the molecule is CCC1(O[N+](=O)[O-])OCCO1. The molecule has 1 aliphatic rings. The second kappa shape index (κ2) is 3.02. The number of hydrogen-bond acceptors (Lipinski definition) is 5. The Morgan fingerprint density at radius 2 is 2.18 bits per heavy atom. The second-order valence-electron chi connectivity index (χ2n) is 2.05. The maximum Gasteiger partial charge on any atom is 0.324 e. The highest BCUT2D eigenvalue weighted by molar-refractivity contribution is 4.57. The number of ether oxygens (including phenoxy) is 2. The molecular formula is C5H9NO5. The van der Waals surface area contributed by atoms with E-state index < -0.39 is 11.1 Å². The van der Waals surface area contributed by atoms with Gasteiger partial charge < -0.3 is 9.47 Å². The fourth-order valence-corrected chi connectivity index (χ4v) is 0.871. The van der Waals surface area contributed by atoms with Crippen LogP contribution in [0.1, 0.15) is 13.3 Å². The molecule has 1 fully saturated rings. The van der Waals surface area contributed by atoms with Crippen molar-refractivity contribution < 1.29 is 19.4 Å². The molecule has 1 heterocycles. The molecule has 0 aromatic rings. The normalized spacial score (nSPS) is 21.5. The van der Waals surface area contributed by atoms with Crippen LogP contribution < -0.4 is 0 Å². The summed E-state index contributed by atoms with van der Waals surface area (Å²) in [5.74, 6) is -1.44. The molecule has 1 saturated heterocycles. The van der Waals surface area contributed by atoms with Crippen molar-refractivity contribution in [3.63, 3.8) is 0 Å². The Kier molecular flexibility index (Phi) is 2.25. The van der Waals surface area contributed by atoms with Crippen LogP contribution in [-0.2, 0) is 14.3 Å².